The molecule has 0 saturated carbocycles. The Balaban J connectivity index is 2.09. The quantitative estimate of drug-likeness (QED) is 0.698. The van der Waals surface area contributed by atoms with E-state index in [0.717, 1.165) is 24.0 Å². The fraction of sp³-hybridized carbons (Fsp3) is 0.0625. The maximum atomic E-state index is 12.3. The fourth-order valence-electron chi connectivity index (χ4n) is 2.13. The molecule has 0 saturated heterocycles. The second-order valence-corrected chi connectivity index (χ2v) is 6.66. The molecule has 7 nitrogen and oxygen atoms in total. The topological polar surface area (TPSA) is 114 Å². The summed E-state index contributed by atoms with van der Waals surface area (Å²) in [6.45, 7) is 1.80. The first kappa shape index (κ1) is 15.9. The SMILES string of the molecule is Cc1ccc(S(=O)(=O)Oc2coc3cc(O)cc(O)c3c2=O)cc1. The van der Waals surface area contributed by atoms with Crippen molar-refractivity contribution in [2.75, 3.05) is 0 Å². The van der Waals surface area contributed by atoms with Gasteiger partial charge in [-0.3, -0.25) is 4.79 Å². The van der Waals surface area contributed by atoms with Crippen LogP contribution in [-0.2, 0) is 10.1 Å². The predicted molar refractivity (Wildman–Crippen MR) is 84.8 cm³/mol. The van der Waals surface area contributed by atoms with Gasteiger partial charge in [0.2, 0.25) is 11.2 Å². The summed E-state index contributed by atoms with van der Waals surface area (Å²) in [5.74, 6) is -1.44. The van der Waals surface area contributed by atoms with E-state index in [1.54, 1.807) is 19.1 Å². The Labute approximate surface area is 136 Å². The summed E-state index contributed by atoms with van der Waals surface area (Å²) < 4.78 is 34.4. The number of aromatic hydroxyl groups is 2. The maximum absolute atomic E-state index is 12.3. The number of benzene rings is 2. The lowest BCUT2D eigenvalue weighted by Gasteiger charge is -2.08. The van der Waals surface area contributed by atoms with E-state index in [4.69, 9.17) is 8.60 Å². The number of phenols is 2. The molecule has 0 amide bonds. The van der Waals surface area contributed by atoms with E-state index in [-0.39, 0.29) is 21.6 Å². The minimum atomic E-state index is -4.23. The van der Waals surface area contributed by atoms with Crippen LogP contribution in [0.3, 0.4) is 0 Å². The molecule has 0 radical (unpaired) electrons. The zero-order valence-corrected chi connectivity index (χ0v) is 13.2. The van der Waals surface area contributed by atoms with Crippen molar-refractivity contribution in [2.45, 2.75) is 11.8 Å². The third kappa shape index (κ3) is 2.79. The van der Waals surface area contributed by atoms with Crippen LogP contribution in [-0.4, -0.2) is 18.6 Å². The molecule has 0 atom stereocenters. The number of hydrogen-bond donors (Lipinski definition) is 2. The summed E-state index contributed by atoms with van der Waals surface area (Å²) in [5, 5.41) is 18.9. The molecular formula is C16H12O7S. The van der Waals surface area contributed by atoms with E-state index < -0.39 is 27.0 Å². The van der Waals surface area contributed by atoms with Crippen molar-refractivity contribution in [3.63, 3.8) is 0 Å². The third-order valence-corrected chi connectivity index (χ3v) is 4.57. The van der Waals surface area contributed by atoms with Crippen molar-refractivity contribution in [1.29, 1.82) is 0 Å². The van der Waals surface area contributed by atoms with Gasteiger partial charge in [-0.2, -0.15) is 8.42 Å². The van der Waals surface area contributed by atoms with Crippen LogP contribution in [0.25, 0.3) is 11.0 Å². The van der Waals surface area contributed by atoms with Crippen LogP contribution in [0.1, 0.15) is 5.56 Å². The zero-order chi connectivity index (χ0) is 17.5. The lowest BCUT2D eigenvalue weighted by molar-refractivity contribution is 0.446. The molecule has 2 aromatic carbocycles. The highest BCUT2D eigenvalue weighted by molar-refractivity contribution is 7.87. The van der Waals surface area contributed by atoms with Gasteiger partial charge in [0.25, 0.3) is 0 Å². The molecule has 3 rings (SSSR count). The van der Waals surface area contributed by atoms with Crippen LogP contribution >= 0.6 is 0 Å². The van der Waals surface area contributed by atoms with Crippen molar-refractivity contribution in [1.82, 2.24) is 0 Å². The molecule has 0 fully saturated rings. The second kappa shape index (κ2) is 5.57. The normalized spacial score (nSPS) is 11.5. The summed E-state index contributed by atoms with van der Waals surface area (Å²) in [6, 6.07) is 7.94. The molecule has 0 unspecified atom stereocenters. The van der Waals surface area contributed by atoms with Crippen LogP contribution in [0.15, 0.2) is 56.8 Å². The maximum Gasteiger partial charge on any atom is 0.339 e. The van der Waals surface area contributed by atoms with Crippen molar-refractivity contribution in [2.24, 2.45) is 0 Å². The number of phenolic OH excluding ortho intramolecular Hbond substituents is 2. The molecule has 1 aromatic heterocycles. The molecule has 0 bridgehead atoms. The molecule has 1 heterocycles. The van der Waals surface area contributed by atoms with Gasteiger partial charge in [0.05, 0.1) is 0 Å². The summed E-state index contributed by atoms with van der Waals surface area (Å²) >= 11 is 0. The number of rotatable bonds is 3. The Morgan fingerprint density at radius 1 is 1.08 bits per heavy atom. The fourth-order valence-corrected chi connectivity index (χ4v) is 3.05. The molecule has 0 aliphatic rings. The smallest absolute Gasteiger partial charge is 0.339 e. The van der Waals surface area contributed by atoms with Gasteiger partial charge in [-0.15, -0.1) is 0 Å². The monoisotopic (exact) mass is 348 g/mol. The number of aryl methyl sites for hydroxylation is 1. The van der Waals surface area contributed by atoms with Gasteiger partial charge in [-0.25, -0.2) is 0 Å². The Morgan fingerprint density at radius 2 is 1.75 bits per heavy atom. The summed E-state index contributed by atoms with van der Waals surface area (Å²) in [5.41, 5.74) is -0.106. The van der Waals surface area contributed by atoms with Crippen molar-refractivity contribution in [3.05, 3.63) is 58.4 Å². The van der Waals surface area contributed by atoms with Crippen molar-refractivity contribution < 1.29 is 27.2 Å². The van der Waals surface area contributed by atoms with Gasteiger partial charge in [0.1, 0.15) is 33.6 Å². The van der Waals surface area contributed by atoms with E-state index in [9.17, 15) is 23.4 Å². The Hall–Kier alpha value is -3.00. The molecule has 3 aromatic rings. The molecule has 8 heteroatoms. The van der Waals surface area contributed by atoms with Crippen LogP contribution < -0.4 is 9.61 Å². The lowest BCUT2D eigenvalue weighted by Crippen LogP contribution is -2.15. The molecule has 24 heavy (non-hydrogen) atoms. The number of fused-ring (bicyclic) bond motifs is 1. The van der Waals surface area contributed by atoms with Crippen LogP contribution in [0.5, 0.6) is 17.2 Å². The molecule has 2 N–H and O–H groups in total. The second-order valence-electron chi connectivity index (χ2n) is 5.12. The Bertz CT molecular complexity index is 1080. The van der Waals surface area contributed by atoms with Gasteiger partial charge in [0, 0.05) is 12.1 Å². The van der Waals surface area contributed by atoms with E-state index in [2.05, 4.69) is 0 Å². The summed E-state index contributed by atoms with van der Waals surface area (Å²) in [4.78, 5) is 12.2. The van der Waals surface area contributed by atoms with Crippen LogP contribution in [0.4, 0.5) is 0 Å². The minimum absolute atomic E-state index is 0.0995. The van der Waals surface area contributed by atoms with Gasteiger partial charge in [-0.05, 0) is 19.1 Å². The minimum Gasteiger partial charge on any atom is -0.508 e. The van der Waals surface area contributed by atoms with E-state index in [1.165, 1.54) is 12.1 Å². The predicted octanol–water partition coefficient (Wildman–Crippen LogP) is 2.28. The van der Waals surface area contributed by atoms with Crippen molar-refractivity contribution >= 4 is 21.1 Å². The first-order valence-electron chi connectivity index (χ1n) is 6.76. The largest absolute Gasteiger partial charge is 0.508 e. The zero-order valence-electron chi connectivity index (χ0n) is 12.4. The van der Waals surface area contributed by atoms with Gasteiger partial charge in [-0.1, -0.05) is 17.7 Å². The van der Waals surface area contributed by atoms with Crippen molar-refractivity contribution in [3.8, 4) is 17.2 Å². The van der Waals surface area contributed by atoms with Gasteiger partial charge >= 0.3 is 10.1 Å². The molecule has 0 spiro atoms. The average Bonchev–Trinajstić information content (AvgIpc) is 2.50. The molecule has 0 aliphatic heterocycles. The molecular weight excluding hydrogens is 336 g/mol. The van der Waals surface area contributed by atoms with Crippen LogP contribution in [0.2, 0.25) is 0 Å². The molecule has 0 aliphatic carbocycles. The third-order valence-electron chi connectivity index (χ3n) is 3.32. The summed E-state index contributed by atoms with van der Waals surface area (Å²) in [6.07, 6.45) is 0.815. The van der Waals surface area contributed by atoms with Gasteiger partial charge in [0.15, 0.2) is 0 Å². The molecule has 124 valence electrons. The first-order chi connectivity index (χ1) is 11.3. The highest BCUT2D eigenvalue weighted by Crippen LogP contribution is 2.29. The van der Waals surface area contributed by atoms with E-state index in [0.29, 0.717) is 0 Å². The van der Waals surface area contributed by atoms with Gasteiger partial charge < -0.3 is 18.8 Å². The summed E-state index contributed by atoms with van der Waals surface area (Å²) in [7, 11) is -4.23. The Kier molecular flexibility index (Phi) is 3.69. The average molecular weight is 348 g/mol. The Morgan fingerprint density at radius 3 is 2.42 bits per heavy atom. The standard InChI is InChI=1S/C16H12O7S/c1-9-2-4-11(5-3-9)24(20,21)23-14-8-22-13-7-10(17)6-12(18)15(13)16(14)19/h2-8,17-18H,1H3. The van der Waals surface area contributed by atoms with E-state index >= 15 is 0 Å². The highest BCUT2D eigenvalue weighted by atomic mass is 32.2. The van der Waals surface area contributed by atoms with E-state index in [1.807, 2.05) is 0 Å². The lowest BCUT2D eigenvalue weighted by atomic mass is 10.2. The highest BCUT2D eigenvalue weighted by Gasteiger charge is 2.21. The number of hydrogen-bond acceptors (Lipinski definition) is 7. The van der Waals surface area contributed by atoms with Crippen LogP contribution in [0, 0.1) is 6.92 Å². The first-order valence-corrected chi connectivity index (χ1v) is 8.17.